The summed E-state index contributed by atoms with van der Waals surface area (Å²) < 4.78 is 13.9. The number of rotatable bonds is 13. The standard InChI is InChI=1S/C28H34ClN3O6/c1-19(2)17-31(23(16-27(34)35)21-6-8-22(29)9-7-21)18-20-5-10-24(25(15-20)37-4)38-14-13-32-26(33)11-12-30(3)28(32)36/h5-12,15,19,23H,13-14,16-18H2,1-4H3,(H,34,35)/t23-/m0/s1. The minimum absolute atomic E-state index is 0.0506. The van der Waals surface area contributed by atoms with Gasteiger partial charge in [-0.15, -0.1) is 0 Å². The number of carboxylic acid groups (broad SMARTS) is 1. The molecule has 0 saturated carbocycles. The molecule has 2 aromatic carbocycles. The number of carbonyl (C=O) groups is 1. The third kappa shape index (κ3) is 7.72. The van der Waals surface area contributed by atoms with Crippen LogP contribution >= 0.6 is 11.6 Å². The van der Waals surface area contributed by atoms with Crippen LogP contribution in [0.15, 0.2) is 64.3 Å². The Hall–Kier alpha value is -3.56. The van der Waals surface area contributed by atoms with Crippen LogP contribution in [-0.4, -0.2) is 45.4 Å². The maximum Gasteiger partial charge on any atom is 0.330 e. The van der Waals surface area contributed by atoms with Crippen molar-refractivity contribution in [2.24, 2.45) is 13.0 Å². The van der Waals surface area contributed by atoms with E-state index < -0.39 is 11.7 Å². The first-order chi connectivity index (χ1) is 18.1. The summed E-state index contributed by atoms with van der Waals surface area (Å²) in [6.45, 7) is 5.56. The fourth-order valence-corrected chi connectivity index (χ4v) is 4.44. The lowest BCUT2D eigenvalue weighted by Crippen LogP contribution is -2.39. The summed E-state index contributed by atoms with van der Waals surface area (Å²) in [5.74, 6) is 0.401. The number of aromatic nitrogens is 2. The van der Waals surface area contributed by atoms with Crippen molar-refractivity contribution in [1.29, 1.82) is 0 Å². The number of ether oxygens (including phenoxy) is 2. The van der Waals surface area contributed by atoms with E-state index in [9.17, 15) is 19.5 Å². The van der Waals surface area contributed by atoms with Crippen molar-refractivity contribution in [1.82, 2.24) is 14.0 Å². The van der Waals surface area contributed by atoms with Crippen LogP contribution < -0.4 is 20.7 Å². The van der Waals surface area contributed by atoms with E-state index in [2.05, 4.69) is 18.7 Å². The lowest BCUT2D eigenvalue weighted by Gasteiger charge is -2.33. The first-order valence-corrected chi connectivity index (χ1v) is 12.7. The fraction of sp³-hybridized carbons (Fsp3) is 0.393. The molecule has 0 aliphatic carbocycles. The molecule has 0 aliphatic rings. The van der Waals surface area contributed by atoms with Crippen LogP contribution in [-0.2, 0) is 24.9 Å². The molecule has 0 bridgehead atoms. The maximum absolute atomic E-state index is 12.2. The second kappa shape index (κ2) is 13.3. The molecule has 0 amide bonds. The van der Waals surface area contributed by atoms with Gasteiger partial charge in [-0.1, -0.05) is 43.6 Å². The van der Waals surface area contributed by atoms with Crippen LogP contribution in [0, 0.1) is 5.92 Å². The van der Waals surface area contributed by atoms with Gasteiger partial charge < -0.3 is 19.1 Å². The molecule has 0 fully saturated rings. The fourth-order valence-electron chi connectivity index (χ4n) is 4.31. The van der Waals surface area contributed by atoms with Gasteiger partial charge in [0.1, 0.15) is 6.61 Å². The summed E-state index contributed by atoms with van der Waals surface area (Å²) in [5.41, 5.74) is 1.00. The first-order valence-electron chi connectivity index (χ1n) is 12.4. The molecule has 0 radical (unpaired) electrons. The average molecular weight is 544 g/mol. The van der Waals surface area contributed by atoms with Crippen molar-refractivity contribution >= 4 is 17.6 Å². The summed E-state index contributed by atoms with van der Waals surface area (Å²) >= 11 is 6.07. The number of aryl methyl sites for hydroxylation is 1. The molecule has 1 heterocycles. The number of aliphatic carboxylic acids is 1. The summed E-state index contributed by atoms with van der Waals surface area (Å²) in [6, 6.07) is 13.8. The van der Waals surface area contributed by atoms with Gasteiger partial charge in [0, 0.05) is 43.5 Å². The molecule has 10 heteroatoms. The average Bonchev–Trinajstić information content (AvgIpc) is 2.87. The zero-order valence-corrected chi connectivity index (χ0v) is 22.9. The number of hydrogen-bond donors (Lipinski definition) is 1. The summed E-state index contributed by atoms with van der Waals surface area (Å²) in [5, 5.41) is 10.2. The van der Waals surface area contributed by atoms with Gasteiger partial charge in [-0.3, -0.25) is 19.1 Å². The molecule has 3 rings (SSSR count). The monoisotopic (exact) mass is 543 g/mol. The van der Waals surface area contributed by atoms with Gasteiger partial charge in [0.05, 0.1) is 20.1 Å². The number of carboxylic acids is 1. The highest BCUT2D eigenvalue weighted by molar-refractivity contribution is 6.30. The Balaban J connectivity index is 1.80. The van der Waals surface area contributed by atoms with Gasteiger partial charge in [-0.05, 0) is 41.3 Å². The van der Waals surface area contributed by atoms with Crippen molar-refractivity contribution < 1.29 is 19.4 Å². The van der Waals surface area contributed by atoms with Crippen LogP contribution in [0.1, 0.15) is 37.4 Å². The van der Waals surface area contributed by atoms with E-state index in [1.54, 1.807) is 25.2 Å². The van der Waals surface area contributed by atoms with E-state index in [4.69, 9.17) is 21.1 Å². The Bertz CT molecular complexity index is 1350. The highest BCUT2D eigenvalue weighted by Gasteiger charge is 2.25. The molecule has 1 aromatic heterocycles. The van der Waals surface area contributed by atoms with Gasteiger partial charge in [0.25, 0.3) is 5.56 Å². The largest absolute Gasteiger partial charge is 0.493 e. The van der Waals surface area contributed by atoms with Gasteiger partial charge >= 0.3 is 11.7 Å². The van der Waals surface area contributed by atoms with E-state index >= 15 is 0 Å². The summed E-state index contributed by atoms with van der Waals surface area (Å²) in [6.07, 6.45) is 1.38. The normalized spacial score (nSPS) is 12.1. The molecule has 0 spiro atoms. The maximum atomic E-state index is 12.2. The summed E-state index contributed by atoms with van der Waals surface area (Å²) in [7, 11) is 3.12. The Kier molecular flexibility index (Phi) is 10.2. The van der Waals surface area contributed by atoms with Gasteiger partial charge in [-0.2, -0.15) is 0 Å². The van der Waals surface area contributed by atoms with Crippen LogP contribution in [0.4, 0.5) is 0 Å². The Labute approximate surface area is 226 Å². The topological polar surface area (TPSA) is 103 Å². The molecule has 1 N–H and O–H groups in total. The lowest BCUT2D eigenvalue weighted by molar-refractivity contribution is -0.138. The Morgan fingerprint density at radius 1 is 1.08 bits per heavy atom. The van der Waals surface area contributed by atoms with Crippen molar-refractivity contribution in [2.45, 2.75) is 39.4 Å². The lowest BCUT2D eigenvalue weighted by atomic mass is 9.99. The highest BCUT2D eigenvalue weighted by Crippen LogP contribution is 2.32. The number of benzene rings is 2. The molecule has 0 unspecified atom stereocenters. The Morgan fingerprint density at radius 2 is 1.79 bits per heavy atom. The molecule has 0 saturated heterocycles. The van der Waals surface area contributed by atoms with E-state index in [1.807, 2.05) is 24.3 Å². The van der Waals surface area contributed by atoms with E-state index in [0.717, 1.165) is 15.7 Å². The minimum atomic E-state index is -0.882. The van der Waals surface area contributed by atoms with E-state index in [-0.39, 0.29) is 31.2 Å². The molecule has 38 heavy (non-hydrogen) atoms. The molecular weight excluding hydrogens is 510 g/mol. The highest BCUT2D eigenvalue weighted by atomic mass is 35.5. The predicted molar refractivity (Wildman–Crippen MR) is 146 cm³/mol. The second-order valence-electron chi connectivity index (χ2n) is 9.52. The van der Waals surface area contributed by atoms with Gasteiger partial charge in [0.15, 0.2) is 11.5 Å². The van der Waals surface area contributed by atoms with E-state index in [0.29, 0.717) is 35.5 Å². The third-order valence-electron chi connectivity index (χ3n) is 6.09. The van der Waals surface area contributed by atoms with Crippen molar-refractivity contribution in [3.8, 4) is 11.5 Å². The van der Waals surface area contributed by atoms with E-state index in [1.165, 1.54) is 23.9 Å². The zero-order chi connectivity index (χ0) is 27.8. The van der Waals surface area contributed by atoms with Gasteiger partial charge in [-0.25, -0.2) is 4.79 Å². The number of nitrogens with zero attached hydrogens (tertiary/aromatic N) is 3. The second-order valence-corrected chi connectivity index (χ2v) is 9.96. The number of hydrogen-bond acceptors (Lipinski definition) is 6. The smallest absolute Gasteiger partial charge is 0.330 e. The van der Waals surface area contributed by atoms with Crippen LogP contribution in [0.25, 0.3) is 0 Å². The third-order valence-corrected chi connectivity index (χ3v) is 6.34. The first kappa shape index (κ1) is 29.0. The van der Waals surface area contributed by atoms with Crippen molar-refractivity contribution in [2.75, 3.05) is 20.3 Å². The number of halogens is 1. The molecular formula is C28H34ClN3O6. The molecule has 3 aromatic rings. The molecule has 1 atom stereocenters. The molecule has 0 aliphatic heterocycles. The Morgan fingerprint density at radius 3 is 2.42 bits per heavy atom. The molecule has 9 nitrogen and oxygen atoms in total. The van der Waals surface area contributed by atoms with Gasteiger partial charge in [0.2, 0.25) is 0 Å². The van der Waals surface area contributed by atoms with Crippen LogP contribution in [0.2, 0.25) is 5.02 Å². The predicted octanol–water partition coefficient (Wildman–Crippen LogP) is 3.96. The number of methoxy groups -OCH3 is 1. The summed E-state index contributed by atoms with van der Waals surface area (Å²) in [4.78, 5) is 38.2. The minimum Gasteiger partial charge on any atom is -0.493 e. The zero-order valence-electron chi connectivity index (χ0n) is 22.1. The SMILES string of the molecule is COc1cc(CN(CC(C)C)[C@@H](CC(=O)O)c2ccc(Cl)cc2)ccc1OCCn1c(=O)ccn(C)c1=O. The van der Waals surface area contributed by atoms with Crippen molar-refractivity contribution in [3.63, 3.8) is 0 Å². The molecule has 204 valence electrons. The van der Waals surface area contributed by atoms with Crippen LogP contribution in [0.5, 0.6) is 11.5 Å². The van der Waals surface area contributed by atoms with Crippen LogP contribution in [0.3, 0.4) is 0 Å². The van der Waals surface area contributed by atoms with Crippen molar-refractivity contribution in [3.05, 3.63) is 91.7 Å². The quantitative estimate of drug-likeness (QED) is 0.348.